The zero-order chi connectivity index (χ0) is 21.3. The third-order valence-corrected chi connectivity index (χ3v) is 7.58. The highest BCUT2D eigenvalue weighted by molar-refractivity contribution is 7.89. The van der Waals surface area contributed by atoms with Gasteiger partial charge >= 0.3 is 0 Å². The van der Waals surface area contributed by atoms with Gasteiger partial charge in [0.25, 0.3) is 0 Å². The van der Waals surface area contributed by atoms with Gasteiger partial charge in [-0.2, -0.15) is 4.31 Å². The monoisotopic (exact) mass is 466 g/mol. The van der Waals surface area contributed by atoms with Gasteiger partial charge in [-0.3, -0.25) is 4.90 Å². The first-order valence-corrected chi connectivity index (χ1v) is 11.6. The molecule has 3 aromatic rings. The molecule has 158 valence electrons. The maximum atomic E-state index is 12.9. The van der Waals surface area contributed by atoms with E-state index in [0.29, 0.717) is 49.5 Å². The highest BCUT2D eigenvalue weighted by atomic mass is 35.5. The van der Waals surface area contributed by atoms with Gasteiger partial charge in [0, 0.05) is 36.8 Å². The predicted molar refractivity (Wildman–Crippen MR) is 115 cm³/mol. The van der Waals surface area contributed by atoms with E-state index < -0.39 is 10.0 Å². The van der Waals surface area contributed by atoms with Crippen molar-refractivity contribution < 1.29 is 12.8 Å². The van der Waals surface area contributed by atoms with E-state index >= 15 is 0 Å². The van der Waals surface area contributed by atoms with Crippen LogP contribution in [0.15, 0.2) is 51.8 Å². The van der Waals surface area contributed by atoms with Gasteiger partial charge in [0.1, 0.15) is 4.90 Å². The Bertz CT molecular complexity index is 1140. The molecule has 7 nitrogen and oxygen atoms in total. The van der Waals surface area contributed by atoms with Crippen molar-refractivity contribution in [2.75, 3.05) is 26.2 Å². The minimum atomic E-state index is -3.71. The highest BCUT2D eigenvalue weighted by Crippen LogP contribution is 2.28. The number of nitrogens with zero attached hydrogens (tertiary/aromatic N) is 4. The number of benzene rings is 2. The molecule has 0 amide bonds. The van der Waals surface area contributed by atoms with Crippen molar-refractivity contribution in [1.82, 2.24) is 19.4 Å². The van der Waals surface area contributed by atoms with E-state index in [1.165, 1.54) is 16.4 Å². The van der Waals surface area contributed by atoms with Crippen molar-refractivity contribution >= 4 is 33.2 Å². The molecule has 30 heavy (non-hydrogen) atoms. The minimum Gasteiger partial charge on any atom is -0.419 e. The second-order valence-corrected chi connectivity index (χ2v) is 9.87. The Kier molecular flexibility index (Phi) is 6.13. The minimum absolute atomic E-state index is 0.0322. The normalized spacial score (nSPS) is 16.1. The van der Waals surface area contributed by atoms with Crippen LogP contribution in [-0.2, 0) is 16.6 Å². The summed E-state index contributed by atoms with van der Waals surface area (Å²) in [4.78, 5) is 2.11. The molecule has 0 unspecified atom stereocenters. The molecular formula is C20H20Cl2N4O3S. The zero-order valence-corrected chi connectivity index (χ0v) is 18.6. The van der Waals surface area contributed by atoms with Crippen molar-refractivity contribution in [3.63, 3.8) is 0 Å². The number of piperazine rings is 1. The van der Waals surface area contributed by atoms with E-state index in [1.807, 2.05) is 31.2 Å². The van der Waals surface area contributed by atoms with E-state index in [0.717, 1.165) is 11.1 Å². The number of aryl methyl sites for hydroxylation is 1. The maximum absolute atomic E-state index is 12.9. The van der Waals surface area contributed by atoms with Gasteiger partial charge in [-0.15, -0.1) is 10.2 Å². The van der Waals surface area contributed by atoms with Crippen LogP contribution in [0.25, 0.3) is 11.5 Å². The molecule has 0 aliphatic carbocycles. The fourth-order valence-electron chi connectivity index (χ4n) is 3.26. The summed E-state index contributed by atoms with van der Waals surface area (Å²) in [5.74, 6) is 0.974. The Morgan fingerprint density at radius 3 is 2.40 bits per heavy atom. The second-order valence-electron chi connectivity index (χ2n) is 7.12. The van der Waals surface area contributed by atoms with Crippen LogP contribution in [0.4, 0.5) is 0 Å². The quantitative estimate of drug-likeness (QED) is 0.567. The molecule has 0 spiro atoms. The van der Waals surface area contributed by atoms with Crippen LogP contribution >= 0.6 is 23.2 Å². The highest BCUT2D eigenvalue weighted by Gasteiger charge is 2.30. The molecule has 1 saturated heterocycles. The Balaban J connectivity index is 1.39. The summed E-state index contributed by atoms with van der Waals surface area (Å²) < 4.78 is 33.1. The third kappa shape index (κ3) is 4.53. The van der Waals surface area contributed by atoms with Crippen LogP contribution in [0.5, 0.6) is 0 Å². The maximum Gasteiger partial charge on any atom is 0.247 e. The average Bonchev–Trinajstić information content (AvgIpc) is 3.19. The summed E-state index contributed by atoms with van der Waals surface area (Å²) in [6.07, 6.45) is 0. The lowest BCUT2D eigenvalue weighted by Crippen LogP contribution is -2.48. The second kappa shape index (κ2) is 8.64. The van der Waals surface area contributed by atoms with Crippen molar-refractivity contribution in [3.8, 4) is 11.5 Å². The molecule has 0 N–H and O–H groups in total. The molecule has 1 aliphatic rings. The van der Waals surface area contributed by atoms with Crippen LogP contribution < -0.4 is 0 Å². The largest absolute Gasteiger partial charge is 0.419 e. The number of halogens is 2. The summed E-state index contributed by atoms with van der Waals surface area (Å²) >= 11 is 12.1. The fraction of sp³-hybridized carbons (Fsp3) is 0.300. The van der Waals surface area contributed by atoms with Gasteiger partial charge in [-0.05, 0) is 37.3 Å². The number of aromatic nitrogens is 2. The summed E-state index contributed by atoms with van der Waals surface area (Å²) in [7, 11) is -3.71. The molecule has 4 rings (SSSR count). The van der Waals surface area contributed by atoms with Crippen molar-refractivity contribution in [2.24, 2.45) is 0 Å². The van der Waals surface area contributed by atoms with Gasteiger partial charge < -0.3 is 4.42 Å². The molecule has 0 atom stereocenters. The first kappa shape index (κ1) is 21.3. The predicted octanol–water partition coefficient (Wildman–Crippen LogP) is 3.86. The Morgan fingerprint density at radius 2 is 1.70 bits per heavy atom. The van der Waals surface area contributed by atoms with Crippen LogP contribution in [0, 0.1) is 6.92 Å². The van der Waals surface area contributed by atoms with Crippen molar-refractivity contribution in [1.29, 1.82) is 0 Å². The molecule has 1 aromatic heterocycles. The lowest BCUT2D eigenvalue weighted by molar-refractivity contribution is 0.168. The summed E-state index contributed by atoms with van der Waals surface area (Å²) in [5, 5.41) is 8.73. The van der Waals surface area contributed by atoms with Crippen LogP contribution in [-0.4, -0.2) is 54.0 Å². The molecule has 1 fully saturated rings. The molecule has 2 heterocycles. The standard InChI is InChI=1S/C20H20Cl2N4O3S/c1-14-2-4-15(5-3-14)20-24-23-19(29-20)13-25-8-10-26(11-9-25)30(27,28)18-12-16(21)6-7-17(18)22/h2-7,12H,8-11,13H2,1H3. The van der Waals surface area contributed by atoms with E-state index in [4.69, 9.17) is 27.6 Å². The molecule has 2 aromatic carbocycles. The number of rotatable bonds is 5. The molecule has 10 heteroatoms. The van der Waals surface area contributed by atoms with Gasteiger partial charge in [0.15, 0.2) is 0 Å². The third-order valence-electron chi connectivity index (χ3n) is 4.97. The van der Waals surface area contributed by atoms with Crippen molar-refractivity contribution in [2.45, 2.75) is 18.4 Å². The average molecular weight is 467 g/mol. The Labute approximate surface area is 185 Å². The van der Waals surface area contributed by atoms with Gasteiger partial charge in [-0.1, -0.05) is 40.9 Å². The first-order valence-electron chi connectivity index (χ1n) is 9.40. The van der Waals surface area contributed by atoms with Gasteiger partial charge in [0.05, 0.1) is 11.6 Å². The lowest BCUT2D eigenvalue weighted by Gasteiger charge is -2.33. The smallest absolute Gasteiger partial charge is 0.247 e. The molecule has 0 saturated carbocycles. The molecule has 0 bridgehead atoms. The van der Waals surface area contributed by atoms with E-state index in [-0.39, 0.29) is 9.92 Å². The van der Waals surface area contributed by atoms with Crippen LogP contribution in [0.2, 0.25) is 10.0 Å². The zero-order valence-electron chi connectivity index (χ0n) is 16.3. The number of hydrogen-bond donors (Lipinski definition) is 0. The fourth-order valence-corrected chi connectivity index (χ4v) is 5.42. The topological polar surface area (TPSA) is 79.5 Å². The summed E-state index contributed by atoms with van der Waals surface area (Å²) in [6.45, 7) is 4.24. The first-order chi connectivity index (χ1) is 14.3. The summed E-state index contributed by atoms with van der Waals surface area (Å²) in [6, 6.07) is 12.3. The van der Waals surface area contributed by atoms with Gasteiger partial charge in [0.2, 0.25) is 21.8 Å². The van der Waals surface area contributed by atoms with Crippen molar-refractivity contribution in [3.05, 3.63) is 64.0 Å². The Morgan fingerprint density at radius 1 is 1.00 bits per heavy atom. The van der Waals surface area contributed by atoms with E-state index in [1.54, 1.807) is 6.07 Å². The SMILES string of the molecule is Cc1ccc(-c2nnc(CN3CCN(S(=O)(=O)c4cc(Cl)ccc4Cl)CC3)o2)cc1. The van der Waals surface area contributed by atoms with Crippen LogP contribution in [0.1, 0.15) is 11.5 Å². The van der Waals surface area contributed by atoms with Gasteiger partial charge in [-0.25, -0.2) is 8.42 Å². The summed E-state index contributed by atoms with van der Waals surface area (Å²) in [5.41, 5.74) is 2.03. The molecular weight excluding hydrogens is 447 g/mol. The van der Waals surface area contributed by atoms with E-state index in [9.17, 15) is 8.42 Å². The number of hydrogen-bond acceptors (Lipinski definition) is 6. The van der Waals surface area contributed by atoms with Crippen LogP contribution in [0.3, 0.4) is 0 Å². The number of sulfonamides is 1. The van der Waals surface area contributed by atoms with E-state index in [2.05, 4.69) is 15.1 Å². The lowest BCUT2D eigenvalue weighted by atomic mass is 10.1. The molecule has 1 aliphatic heterocycles. The Hall–Kier alpha value is -1.97. The molecule has 0 radical (unpaired) electrons.